The number of hydrogen-bond acceptors (Lipinski definition) is 1. The van der Waals surface area contributed by atoms with Gasteiger partial charge in [0.15, 0.2) is 5.96 Å². The zero-order valence-corrected chi connectivity index (χ0v) is 10.7. The van der Waals surface area contributed by atoms with Crippen molar-refractivity contribution in [1.29, 1.82) is 0 Å². The summed E-state index contributed by atoms with van der Waals surface area (Å²) in [6.07, 6.45) is 5.40. The molecule has 1 saturated carbocycles. The second kappa shape index (κ2) is 5.55. The first-order chi connectivity index (χ1) is 7.79. The smallest absolute Gasteiger partial charge is 0.193 e. The Labute approximate surface area is 99.3 Å². The van der Waals surface area contributed by atoms with Crippen LogP contribution in [0.5, 0.6) is 0 Å². The van der Waals surface area contributed by atoms with Crippen molar-refractivity contribution in [2.75, 3.05) is 26.2 Å². The molecule has 2 aliphatic rings. The van der Waals surface area contributed by atoms with Gasteiger partial charge in [0.1, 0.15) is 0 Å². The number of aliphatic imine (C=N–C) groups is 1. The Balaban J connectivity index is 1.86. The molecule has 2 rings (SSSR count). The quantitative estimate of drug-likeness (QED) is 0.586. The first-order valence-corrected chi connectivity index (χ1v) is 6.83. The Hall–Kier alpha value is -0.730. The molecule has 1 saturated heterocycles. The third-order valence-corrected chi connectivity index (χ3v) is 3.61. The predicted octanol–water partition coefficient (Wildman–Crippen LogP) is 2.09. The third-order valence-electron chi connectivity index (χ3n) is 3.61. The van der Waals surface area contributed by atoms with Gasteiger partial charge in [-0.2, -0.15) is 0 Å². The van der Waals surface area contributed by atoms with Crippen molar-refractivity contribution in [3.63, 3.8) is 0 Å². The van der Waals surface area contributed by atoms with Gasteiger partial charge in [-0.25, -0.2) is 0 Å². The van der Waals surface area contributed by atoms with Gasteiger partial charge in [0, 0.05) is 26.2 Å². The highest BCUT2D eigenvalue weighted by Gasteiger charge is 2.22. The fourth-order valence-corrected chi connectivity index (χ4v) is 2.16. The number of nitrogens with one attached hydrogen (secondary N) is 1. The summed E-state index contributed by atoms with van der Waals surface area (Å²) in [5, 5.41) is 3.43. The Morgan fingerprint density at radius 1 is 1.25 bits per heavy atom. The van der Waals surface area contributed by atoms with E-state index in [2.05, 4.69) is 24.1 Å². The zero-order chi connectivity index (χ0) is 11.4. The molecule has 3 nitrogen and oxygen atoms in total. The number of hydrogen-bond donors (Lipinski definition) is 1. The standard InChI is InChI=1S/C13H25N3/c1-3-14-13(15-10-12-4-5-12)16-8-6-11(2)7-9-16/h11-12H,3-10H2,1-2H3,(H,14,15). The summed E-state index contributed by atoms with van der Waals surface area (Å²) >= 11 is 0. The van der Waals surface area contributed by atoms with Crippen LogP contribution in [0.15, 0.2) is 4.99 Å². The molecule has 0 aromatic rings. The second-order valence-corrected chi connectivity index (χ2v) is 5.31. The van der Waals surface area contributed by atoms with Crippen LogP contribution in [0.4, 0.5) is 0 Å². The normalized spacial score (nSPS) is 23.6. The second-order valence-electron chi connectivity index (χ2n) is 5.31. The lowest BCUT2D eigenvalue weighted by Gasteiger charge is -2.33. The van der Waals surface area contributed by atoms with E-state index >= 15 is 0 Å². The highest BCUT2D eigenvalue weighted by molar-refractivity contribution is 5.80. The summed E-state index contributed by atoms with van der Waals surface area (Å²) in [4.78, 5) is 7.19. The van der Waals surface area contributed by atoms with Crippen LogP contribution in [0.3, 0.4) is 0 Å². The van der Waals surface area contributed by atoms with Gasteiger partial charge in [0.2, 0.25) is 0 Å². The Bertz CT molecular complexity index is 238. The van der Waals surface area contributed by atoms with Crippen molar-refractivity contribution in [3.05, 3.63) is 0 Å². The molecule has 1 heterocycles. The number of guanidine groups is 1. The number of nitrogens with zero attached hydrogens (tertiary/aromatic N) is 2. The van der Waals surface area contributed by atoms with Crippen LogP contribution in [0, 0.1) is 11.8 Å². The molecular weight excluding hydrogens is 198 g/mol. The Morgan fingerprint density at radius 2 is 1.94 bits per heavy atom. The van der Waals surface area contributed by atoms with Crippen molar-refractivity contribution >= 4 is 5.96 Å². The fraction of sp³-hybridized carbons (Fsp3) is 0.923. The Morgan fingerprint density at radius 3 is 2.50 bits per heavy atom. The van der Waals surface area contributed by atoms with E-state index in [1.165, 1.54) is 38.8 Å². The van der Waals surface area contributed by atoms with Gasteiger partial charge in [-0.1, -0.05) is 6.92 Å². The minimum Gasteiger partial charge on any atom is -0.357 e. The van der Waals surface area contributed by atoms with Crippen LogP contribution >= 0.6 is 0 Å². The third kappa shape index (κ3) is 3.39. The molecule has 1 aliphatic carbocycles. The number of piperidine rings is 1. The molecule has 0 spiro atoms. The van der Waals surface area contributed by atoms with E-state index in [1.54, 1.807) is 0 Å². The molecule has 0 unspecified atom stereocenters. The summed E-state index contributed by atoms with van der Waals surface area (Å²) in [5.74, 6) is 2.93. The van der Waals surface area contributed by atoms with E-state index in [-0.39, 0.29) is 0 Å². The van der Waals surface area contributed by atoms with E-state index < -0.39 is 0 Å². The van der Waals surface area contributed by atoms with Crippen molar-refractivity contribution in [2.24, 2.45) is 16.8 Å². The summed E-state index contributed by atoms with van der Waals surface area (Å²) in [7, 11) is 0. The summed E-state index contributed by atoms with van der Waals surface area (Å²) in [6.45, 7) is 8.88. The van der Waals surface area contributed by atoms with Gasteiger partial charge in [0.25, 0.3) is 0 Å². The number of likely N-dealkylation sites (tertiary alicyclic amines) is 1. The largest absolute Gasteiger partial charge is 0.357 e. The highest BCUT2D eigenvalue weighted by Crippen LogP contribution is 2.29. The van der Waals surface area contributed by atoms with Crippen LogP contribution in [-0.2, 0) is 0 Å². The molecular formula is C13H25N3. The highest BCUT2D eigenvalue weighted by atomic mass is 15.3. The van der Waals surface area contributed by atoms with Crippen LogP contribution in [0.25, 0.3) is 0 Å². The zero-order valence-electron chi connectivity index (χ0n) is 10.7. The minimum atomic E-state index is 0.886. The molecule has 2 fully saturated rings. The molecule has 1 N–H and O–H groups in total. The lowest BCUT2D eigenvalue weighted by Crippen LogP contribution is -2.45. The molecule has 0 aromatic heterocycles. The predicted molar refractivity (Wildman–Crippen MR) is 68.7 cm³/mol. The molecule has 3 heteroatoms. The lowest BCUT2D eigenvalue weighted by atomic mass is 10.00. The van der Waals surface area contributed by atoms with Crippen molar-refractivity contribution < 1.29 is 0 Å². The van der Waals surface area contributed by atoms with Gasteiger partial charge in [-0.3, -0.25) is 4.99 Å². The Kier molecular flexibility index (Phi) is 4.08. The molecule has 0 atom stereocenters. The maximum absolute atomic E-state index is 4.76. The molecule has 0 amide bonds. The average Bonchev–Trinajstić information content (AvgIpc) is 3.09. The molecule has 1 aliphatic heterocycles. The van der Waals surface area contributed by atoms with Crippen LogP contribution in [-0.4, -0.2) is 37.0 Å². The van der Waals surface area contributed by atoms with E-state index in [4.69, 9.17) is 4.99 Å². The maximum atomic E-state index is 4.76. The van der Waals surface area contributed by atoms with Gasteiger partial charge in [0.05, 0.1) is 0 Å². The summed E-state index contributed by atoms with van der Waals surface area (Å²) in [6, 6.07) is 0. The van der Waals surface area contributed by atoms with E-state index in [0.717, 1.165) is 30.9 Å². The SMILES string of the molecule is CCNC(=NCC1CC1)N1CCC(C)CC1. The van der Waals surface area contributed by atoms with E-state index in [1.807, 2.05) is 0 Å². The van der Waals surface area contributed by atoms with Gasteiger partial charge >= 0.3 is 0 Å². The molecule has 16 heavy (non-hydrogen) atoms. The molecule has 0 bridgehead atoms. The first-order valence-electron chi connectivity index (χ1n) is 6.83. The van der Waals surface area contributed by atoms with Crippen LogP contribution < -0.4 is 5.32 Å². The van der Waals surface area contributed by atoms with Crippen LogP contribution in [0.2, 0.25) is 0 Å². The summed E-state index contributed by atoms with van der Waals surface area (Å²) < 4.78 is 0. The molecule has 0 radical (unpaired) electrons. The monoisotopic (exact) mass is 223 g/mol. The molecule has 92 valence electrons. The minimum absolute atomic E-state index is 0.886. The topological polar surface area (TPSA) is 27.6 Å². The van der Waals surface area contributed by atoms with Crippen molar-refractivity contribution in [3.8, 4) is 0 Å². The molecule has 0 aromatic carbocycles. The van der Waals surface area contributed by atoms with Crippen molar-refractivity contribution in [2.45, 2.75) is 39.5 Å². The number of rotatable bonds is 3. The van der Waals surface area contributed by atoms with Crippen LogP contribution in [0.1, 0.15) is 39.5 Å². The van der Waals surface area contributed by atoms with Crippen molar-refractivity contribution in [1.82, 2.24) is 10.2 Å². The van der Waals surface area contributed by atoms with Gasteiger partial charge in [-0.05, 0) is 44.4 Å². The lowest BCUT2D eigenvalue weighted by molar-refractivity contribution is 0.273. The summed E-state index contributed by atoms with van der Waals surface area (Å²) in [5.41, 5.74) is 0. The van der Waals surface area contributed by atoms with Gasteiger partial charge in [-0.15, -0.1) is 0 Å². The van der Waals surface area contributed by atoms with Gasteiger partial charge < -0.3 is 10.2 Å². The van der Waals surface area contributed by atoms with E-state index in [0.29, 0.717) is 0 Å². The maximum Gasteiger partial charge on any atom is 0.193 e. The first kappa shape index (κ1) is 11.7. The van der Waals surface area contributed by atoms with E-state index in [9.17, 15) is 0 Å². The average molecular weight is 223 g/mol. The fourth-order valence-electron chi connectivity index (χ4n) is 2.16.